The number of esters is 1. The summed E-state index contributed by atoms with van der Waals surface area (Å²) in [7, 11) is 0. The van der Waals surface area contributed by atoms with E-state index in [9.17, 15) is 9.90 Å². The van der Waals surface area contributed by atoms with Crippen LogP contribution < -0.4 is 0 Å². The quantitative estimate of drug-likeness (QED) is 0.533. The maximum absolute atomic E-state index is 11.9. The molecule has 0 amide bonds. The zero-order chi connectivity index (χ0) is 13.6. The van der Waals surface area contributed by atoms with Crippen molar-refractivity contribution in [1.29, 1.82) is 0 Å². The molecule has 8 atom stereocenters. The van der Waals surface area contributed by atoms with Gasteiger partial charge in [-0.15, -0.1) is 0 Å². The molecular formula is C15H22O4. The van der Waals surface area contributed by atoms with Crippen LogP contribution in [0, 0.1) is 23.7 Å². The van der Waals surface area contributed by atoms with E-state index in [-0.39, 0.29) is 47.4 Å². The van der Waals surface area contributed by atoms with Gasteiger partial charge in [-0.25, -0.2) is 0 Å². The van der Waals surface area contributed by atoms with Crippen LogP contribution in [0.3, 0.4) is 0 Å². The van der Waals surface area contributed by atoms with Crippen molar-refractivity contribution in [2.45, 2.75) is 63.4 Å². The summed E-state index contributed by atoms with van der Waals surface area (Å²) < 4.78 is 11.5. The molecule has 2 saturated carbocycles. The van der Waals surface area contributed by atoms with Gasteiger partial charge in [0, 0.05) is 11.8 Å². The van der Waals surface area contributed by atoms with Gasteiger partial charge in [0.15, 0.2) is 0 Å². The van der Waals surface area contributed by atoms with Gasteiger partial charge in [-0.3, -0.25) is 4.79 Å². The molecule has 4 heteroatoms. The lowest BCUT2D eigenvalue weighted by molar-refractivity contribution is -0.149. The molecule has 0 aromatic heterocycles. The lowest BCUT2D eigenvalue weighted by atomic mass is 9.75. The monoisotopic (exact) mass is 266 g/mol. The third kappa shape index (κ3) is 1.39. The molecule has 19 heavy (non-hydrogen) atoms. The Labute approximate surface area is 113 Å². The molecule has 2 heterocycles. The van der Waals surface area contributed by atoms with Gasteiger partial charge < -0.3 is 14.6 Å². The van der Waals surface area contributed by atoms with E-state index in [0.717, 1.165) is 19.3 Å². The van der Waals surface area contributed by atoms with E-state index in [2.05, 4.69) is 6.92 Å². The van der Waals surface area contributed by atoms with Gasteiger partial charge in [0.25, 0.3) is 0 Å². The standard InChI is InChI=1S/C15H22O4/c1-7-8-4-5-14(2,17)9-6-10-15(3,19-10)11(9)12(8)18-13(7)16/h7-12,17H,4-6H2,1-3H3/t7-,8-,9+,10+,11-,12-,14+,15+/m0/s1. The first kappa shape index (κ1) is 12.2. The Kier molecular flexibility index (Phi) is 2.14. The highest BCUT2D eigenvalue weighted by molar-refractivity contribution is 5.75. The molecule has 0 aromatic rings. The predicted octanol–water partition coefficient (Wildman–Crippen LogP) is 1.50. The molecule has 4 aliphatic rings. The Bertz CT molecular complexity index is 445. The van der Waals surface area contributed by atoms with Crippen molar-refractivity contribution in [3.63, 3.8) is 0 Å². The van der Waals surface area contributed by atoms with Crippen molar-refractivity contribution in [1.82, 2.24) is 0 Å². The molecule has 0 radical (unpaired) electrons. The van der Waals surface area contributed by atoms with Gasteiger partial charge in [-0.05, 0) is 39.0 Å². The van der Waals surface area contributed by atoms with Crippen molar-refractivity contribution < 1.29 is 19.4 Å². The molecule has 0 aromatic carbocycles. The summed E-state index contributed by atoms with van der Waals surface area (Å²) in [5.41, 5.74) is -0.826. The fraction of sp³-hybridized carbons (Fsp3) is 0.933. The zero-order valence-corrected chi connectivity index (χ0v) is 11.8. The second-order valence-electron chi connectivity index (χ2n) is 7.41. The number of carbonyl (C=O) groups is 1. The number of carbonyl (C=O) groups excluding carboxylic acids is 1. The van der Waals surface area contributed by atoms with Crippen LogP contribution >= 0.6 is 0 Å². The number of rotatable bonds is 0. The van der Waals surface area contributed by atoms with Crippen LogP contribution in [0.5, 0.6) is 0 Å². The third-order valence-corrected chi connectivity index (χ3v) is 6.37. The molecule has 4 nitrogen and oxygen atoms in total. The molecule has 106 valence electrons. The number of epoxide rings is 1. The predicted molar refractivity (Wildman–Crippen MR) is 67.3 cm³/mol. The summed E-state index contributed by atoms with van der Waals surface area (Å²) in [5, 5.41) is 10.8. The summed E-state index contributed by atoms with van der Waals surface area (Å²) in [6, 6.07) is 0. The molecule has 2 saturated heterocycles. The van der Waals surface area contributed by atoms with Crippen LogP contribution in [0.1, 0.15) is 40.0 Å². The topological polar surface area (TPSA) is 59.1 Å². The number of aliphatic hydroxyl groups is 1. The average Bonchev–Trinajstić information content (AvgIpc) is 2.80. The maximum atomic E-state index is 11.9. The maximum Gasteiger partial charge on any atom is 0.309 e. The van der Waals surface area contributed by atoms with Crippen molar-refractivity contribution in [3.8, 4) is 0 Å². The first-order valence-electron chi connectivity index (χ1n) is 7.45. The van der Waals surface area contributed by atoms with Crippen molar-refractivity contribution in [3.05, 3.63) is 0 Å². The fourth-order valence-electron chi connectivity index (χ4n) is 5.01. The Morgan fingerprint density at radius 1 is 1.37 bits per heavy atom. The van der Waals surface area contributed by atoms with Gasteiger partial charge in [-0.2, -0.15) is 0 Å². The van der Waals surface area contributed by atoms with E-state index < -0.39 is 5.60 Å². The number of hydrogen-bond acceptors (Lipinski definition) is 4. The Balaban J connectivity index is 1.76. The summed E-state index contributed by atoms with van der Waals surface area (Å²) >= 11 is 0. The SMILES string of the molecule is C[C@@H]1C(=O)O[C@H]2[C@H]1CC[C@@](C)(O)[C@@H]1C[C@H]3O[C@@]3(C)[C@H]21. The fourth-order valence-corrected chi connectivity index (χ4v) is 5.01. The molecular weight excluding hydrogens is 244 g/mol. The Morgan fingerprint density at radius 2 is 2.11 bits per heavy atom. The highest BCUT2D eigenvalue weighted by Gasteiger charge is 2.73. The van der Waals surface area contributed by atoms with Crippen LogP contribution in [0.4, 0.5) is 0 Å². The van der Waals surface area contributed by atoms with Crippen LogP contribution in [0.2, 0.25) is 0 Å². The van der Waals surface area contributed by atoms with Crippen LogP contribution in [-0.4, -0.2) is 34.5 Å². The van der Waals surface area contributed by atoms with Gasteiger partial charge in [-0.1, -0.05) is 6.92 Å². The lowest BCUT2D eigenvalue weighted by Gasteiger charge is -2.36. The molecule has 2 aliphatic carbocycles. The highest BCUT2D eigenvalue weighted by atomic mass is 16.6. The van der Waals surface area contributed by atoms with Crippen molar-refractivity contribution in [2.75, 3.05) is 0 Å². The third-order valence-electron chi connectivity index (χ3n) is 6.37. The number of fused-ring (bicyclic) bond motifs is 5. The smallest absolute Gasteiger partial charge is 0.309 e. The van der Waals surface area contributed by atoms with Crippen molar-refractivity contribution in [2.24, 2.45) is 23.7 Å². The summed E-state index contributed by atoms with van der Waals surface area (Å²) in [4.78, 5) is 11.9. The first-order valence-corrected chi connectivity index (χ1v) is 7.45. The molecule has 4 rings (SSSR count). The van der Waals surface area contributed by atoms with E-state index in [4.69, 9.17) is 9.47 Å². The number of hydrogen-bond donors (Lipinski definition) is 1. The van der Waals surface area contributed by atoms with Gasteiger partial charge in [0.05, 0.1) is 23.2 Å². The molecule has 0 spiro atoms. The average molecular weight is 266 g/mol. The molecule has 2 aliphatic heterocycles. The Morgan fingerprint density at radius 3 is 2.84 bits per heavy atom. The summed E-state index contributed by atoms with van der Waals surface area (Å²) in [6.45, 7) is 6.04. The van der Waals surface area contributed by atoms with Gasteiger partial charge in [0.2, 0.25) is 0 Å². The van der Waals surface area contributed by atoms with E-state index >= 15 is 0 Å². The minimum absolute atomic E-state index is 0.0408. The van der Waals surface area contributed by atoms with Crippen molar-refractivity contribution >= 4 is 5.97 Å². The van der Waals surface area contributed by atoms with Gasteiger partial charge >= 0.3 is 5.97 Å². The van der Waals surface area contributed by atoms with Crippen LogP contribution in [0.15, 0.2) is 0 Å². The molecule has 4 fully saturated rings. The first-order chi connectivity index (χ1) is 8.84. The minimum atomic E-state index is -0.652. The zero-order valence-electron chi connectivity index (χ0n) is 11.8. The summed E-state index contributed by atoms with van der Waals surface area (Å²) in [5.74, 6) is 0.496. The van der Waals surface area contributed by atoms with Crippen LogP contribution in [-0.2, 0) is 14.3 Å². The molecule has 1 N–H and O–H groups in total. The minimum Gasteiger partial charge on any atom is -0.461 e. The van der Waals surface area contributed by atoms with E-state index in [1.165, 1.54) is 0 Å². The van der Waals surface area contributed by atoms with E-state index in [1.54, 1.807) is 0 Å². The second kappa shape index (κ2) is 3.34. The summed E-state index contributed by atoms with van der Waals surface area (Å²) in [6.07, 6.45) is 2.74. The molecule has 0 unspecified atom stereocenters. The Hall–Kier alpha value is -0.610. The second-order valence-corrected chi connectivity index (χ2v) is 7.41. The number of ether oxygens (including phenoxy) is 2. The highest BCUT2D eigenvalue weighted by Crippen LogP contribution is 2.64. The van der Waals surface area contributed by atoms with E-state index in [1.807, 2.05) is 13.8 Å². The van der Waals surface area contributed by atoms with Crippen LogP contribution in [0.25, 0.3) is 0 Å². The van der Waals surface area contributed by atoms with E-state index in [0.29, 0.717) is 0 Å². The molecule has 0 bridgehead atoms. The largest absolute Gasteiger partial charge is 0.461 e. The normalized spacial score (nSPS) is 62.8. The van der Waals surface area contributed by atoms with Gasteiger partial charge in [0.1, 0.15) is 6.10 Å². The lowest BCUT2D eigenvalue weighted by Crippen LogP contribution is -2.44.